The first-order valence-corrected chi connectivity index (χ1v) is 8.22. The Morgan fingerprint density at radius 2 is 1.95 bits per heavy atom. The van der Waals surface area contributed by atoms with E-state index in [0.29, 0.717) is 24.5 Å². The van der Waals surface area contributed by atoms with E-state index in [2.05, 4.69) is 22.3 Å². The number of hydrogen-bond donors (Lipinski definition) is 2. The minimum absolute atomic E-state index is 0.350. The number of aliphatic hydroxyl groups excluding tert-OH is 1. The molecule has 0 bridgehead atoms. The van der Waals surface area contributed by atoms with E-state index in [1.165, 1.54) is 44.9 Å². The zero-order valence-electron chi connectivity index (χ0n) is 12.3. The van der Waals surface area contributed by atoms with Crippen molar-refractivity contribution in [3.63, 3.8) is 0 Å². The van der Waals surface area contributed by atoms with Gasteiger partial charge in [0.25, 0.3) is 0 Å². The van der Waals surface area contributed by atoms with Crippen LogP contribution in [-0.4, -0.2) is 28.0 Å². The molecule has 0 spiro atoms. The molecule has 0 amide bonds. The van der Waals surface area contributed by atoms with Crippen molar-refractivity contribution in [2.24, 2.45) is 11.8 Å². The predicted octanol–water partition coefficient (Wildman–Crippen LogP) is 2.50. The van der Waals surface area contributed by atoms with Gasteiger partial charge in [0, 0.05) is 19.3 Å². The smallest absolute Gasteiger partial charge is 0.0762 e. The van der Waals surface area contributed by atoms with Crippen molar-refractivity contribution in [3.8, 4) is 0 Å². The SMILES string of the molecule is OCC1CCCC1CNCc1ccn(C2CCCC2)n1. The van der Waals surface area contributed by atoms with Crippen LogP contribution < -0.4 is 5.32 Å². The highest BCUT2D eigenvalue weighted by Crippen LogP contribution is 2.31. The fourth-order valence-electron chi connectivity index (χ4n) is 3.85. The summed E-state index contributed by atoms with van der Waals surface area (Å²) in [5.74, 6) is 1.16. The van der Waals surface area contributed by atoms with Crippen LogP contribution >= 0.6 is 0 Å². The van der Waals surface area contributed by atoms with Gasteiger partial charge in [0.2, 0.25) is 0 Å². The highest BCUT2D eigenvalue weighted by atomic mass is 16.3. The monoisotopic (exact) mass is 277 g/mol. The van der Waals surface area contributed by atoms with Crippen molar-refractivity contribution in [1.29, 1.82) is 0 Å². The van der Waals surface area contributed by atoms with E-state index in [1.54, 1.807) is 0 Å². The first kappa shape index (κ1) is 14.1. The van der Waals surface area contributed by atoms with Crippen molar-refractivity contribution in [3.05, 3.63) is 18.0 Å². The van der Waals surface area contributed by atoms with Crippen LogP contribution in [0.4, 0.5) is 0 Å². The second-order valence-electron chi connectivity index (χ2n) is 6.49. The molecule has 3 rings (SSSR count). The average Bonchev–Trinajstić information content (AvgIpc) is 3.20. The van der Waals surface area contributed by atoms with Gasteiger partial charge < -0.3 is 10.4 Å². The number of hydrogen-bond acceptors (Lipinski definition) is 3. The van der Waals surface area contributed by atoms with E-state index in [4.69, 9.17) is 5.10 Å². The van der Waals surface area contributed by atoms with Crippen LogP contribution in [0.5, 0.6) is 0 Å². The van der Waals surface area contributed by atoms with Gasteiger partial charge in [-0.15, -0.1) is 0 Å². The molecule has 2 fully saturated rings. The third-order valence-electron chi connectivity index (χ3n) is 5.13. The molecule has 0 radical (unpaired) electrons. The Hall–Kier alpha value is -0.870. The van der Waals surface area contributed by atoms with Gasteiger partial charge in [0.05, 0.1) is 11.7 Å². The zero-order chi connectivity index (χ0) is 13.8. The lowest BCUT2D eigenvalue weighted by Gasteiger charge is -2.17. The molecule has 2 atom stereocenters. The van der Waals surface area contributed by atoms with Crippen LogP contribution in [0.25, 0.3) is 0 Å². The topological polar surface area (TPSA) is 50.1 Å². The highest BCUT2D eigenvalue weighted by Gasteiger charge is 2.26. The standard InChI is InChI=1S/C16H27N3O/c20-12-14-5-3-4-13(14)10-17-11-15-8-9-19(18-15)16-6-1-2-7-16/h8-9,13-14,16-17,20H,1-7,10-12H2. The number of rotatable bonds is 6. The Morgan fingerprint density at radius 3 is 2.75 bits per heavy atom. The lowest BCUT2D eigenvalue weighted by Crippen LogP contribution is -2.26. The zero-order valence-corrected chi connectivity index (χ0v) is 12.3. The Balaban J connectivity index is 1.44. The van der Waals surface area contributed by atoms with Crippen LogP contribution in [0.1, 0.15) is 56.7 Å². The van der Waals surface area contributed by atoms with Crippen molar-refractivity contribution < 1.29 is 5.11 Å². The Morgan fingerprint density at radius 1 is 1.15 bits per heavy atom. The summed E-state index contributed by atoms with van der Waals surface area (Å²) in [5, 5.41) is 17.6. The molecule has 1 heterocycles. The third kappa shape index (κ3) is 3.23. The minimum Gasteiger partial charge on any atom is -0.396 e. The van der Waals surface area contributed by atoms with Crippen molar-refractivity contribution in [2.45, 2.75) is 57.5 Å². The molecule has 2 aliphatic carbocycles. The van der Waals surface area contributed by atoms with Crippen LogP contribution in [-0.2, 0) is 6.54 Å². The molecule has 4 heteroatoms. The van der Waals surface area contributed by atoms with Gasteiger partial charge >= 0.3 is 0 Å². The van der Waals surface area contributed by atoms with E-state index in [0.717, 1.165) is 18.8 Å². The fraction of sp³-hybridized carbons (Fsp3) is 0.812. The lowest BCUT2D eigenvalue weighted by atomic mass is 9.97. The van der Waals surface area contributed by atoms with Gasteiger partial charge in [-0.2, -0.15) is 5.10 Å². The maximum Gasteiger partial charge on any atom is 0.0762 e. The Kier molecular flexibility index (Phi) is 4.73. The summed E-state index contributed by atoms with van der Waals surface area (Å²) in [4.78, 5) is 0. The summed E-state index contributed by atoms with van der Waals surface area (Å²) in [6, 6.07) is 2.78. The van der Waals surface area contributed by atoms with E-state index < -0.39 is 0 Å². The van der Waals surface area contributed by atoms with Gasteiger partial charge in [-0.1, -0.05) is 19.3 Å². The number of nitrogens with one attached hydrogen (secondary N) is 1. The van der Waals surface area contributed by atoms with Gasteiger partial charge in [-0.25, -0.2) is 0 Å². The summed E-state index contributed by atoms with van der Waals surface area (Å²) in [6.45, 7) is 2.22. The molecule has 0 aromatic carbocycles. The molecule has 1 aromatic rings. The van der Waals surface area contributed by atoms with E-state index in [-0.39, 0.29) is 0 Å². The molecule has 2 unspecified atom stereocenters. The van der Waals surface area contributed by atoms with Crippen LogP contribution in [0, 0.1) is 11.8 Å². The summed E-state index contributed by atoms with van der Waals surface area (Å²) in [5.41, 5.74) is 1.15. The molecule has 20 heavy (non-hydrogen) atoms. The number of aliphatic hydroxyl groups is 1. The molecule has 2 aliphatic rings. The highest BCUT2D eigenvalue weighted by molar-refractivity contribution is 5.00. The van der Waals surface area contributed by atoms with E-state index in [9.17, 15) is 5.11 Å². The van der Waals surface area contributed by atoms with Gasteiger partial charge in [0.1, 0.15) is 0 Å². The second-order valence-corrected chi connectivity index (χ2v) is 6.49. The summed E-state index contributed by atoms with van der Waals surface area (Å²) in [7, 11) is 0. The normalized spacial score (nSPS) is 27.4. The quantitative estimate of drug-likeness (QED) is 0.840. The van der Waals surface area contributed by atoms with E-state index >= 15 is 0 Å². The van der Waals surface area contributed by atoms with Gasteiger partial charge in [0.15, 0.2) is 0 Å². The summed E-state index contributed by atoms with van der Waals surface area (Å²) < 4.78 is 2.16. The second kappa shape index (κ2) is 6.72. The van der Waals surface area contributed by atoms with Crippen molar-refractivity contribution >= 4 is 0 Å². The third-order valence-corrected chi connectivity index (χ3v) is 5.13. The first-order chi connectivity index (χ1) is 9.86. The molecule has 0 aliphatic heterocycles. The molecule has 1 aromatic heterocycles. The predicted molar refractivity (Wildman–Crippen MR) is 79.4 cm³/mol. The summed E-state index contributed by atoms with van der Waals surface area (Å²) >= 11 is 0. The summed E-state index contributed by atoms with van der Waals surface area (Å²) in [6.07, 6.45) is 11.1. The van der Waals surface area contributed by atoms with Gasteiger partial charge in [-0.3, -0.25) is 4.68 Å². The maximum atomic E-state index is 9.33. The van der Waals surface area contributed by atoms with Crippen LogP contribution in [0.2, 0.25) is 0 Å². The van der Waals surface area contributed by atoms with Crippen molar-refractivity contribution in [2.75, 3.05) is 13.2 Å². The molecular formula is C16H27N3O. The van der Waals surface area contributed by atoms with Crippen molar-refractivity contribution in [1.82, 2.24) is 15.1 Å². The molecule has 2 saturated carbocycles. The van der Waals surface area contributed by atoms with Crippen LogP contribution in [0.3, 0.4) is 0 Å². The minimum atomic E-state index is 0.350. The Bertz CT molecular complexity index is 412. The van der Waals surface area contributed by atoms with Crippen LogP contribution in [0.15, 0.2) is 12.3 Å². The largest absolute Gasteiger partial charge is 0.396 e. The van der Waals surface area contributed by atoms with E-state index in [1.807, 2.05) is 0 Å². The number of nitrogens with zero attached hydrogens (tertiary/aromatic N) is 2. The fourth-order valence-corrected chi connectivity index (χ4v) is 3.85. The molecule has 0 saturated heterocycles. The lowest BCUT2D eigenvalue weighted by molar-refractivity contribution is 0.192. The number of aromatic nitrogens is 2. The average molecular weight is 277 g/mol. The Labute approximate surface area is 121 Å². The molecular weight excluding hydrogens is 250 g/mol. The maximum absolute atomic E-state index is 9.33. The van der Waals surface area contributed by atoms with Gasteiger partial charge in [-0.05, 0) is 50.1 Å². The molecule has 112 valence electrons. The molecule has 2 N–H and O–H groups in total. The molecule has 4 nitrogen and oxygen atoms in total. The first-order valence-electron chi connectivity index (χ1n) is 8.22.